The van der Waals surface area contributed by atoms with Crippen molar-refractivity contribution in [1.82, 2.24) is 0 Å². The molecule has 0 saturated heterocycles. The monoisotopic (exact) mass is 396 g/mol. The molecule has 2 fully saturated rings. The Bertz CT molecular complexity index is 412. The largest absolute Gasteiger partial charge is 0.389 e. The van der Waals surface area contributed by atoms with Crippen LogP contribution in [0.3, 0.4) is 0 Å². The quantitative estimate of drug-likeness (QED) is 0.362. The maximum absolute atomic E-state index is 11.0. The number of unbranched alkanes of at least 4 members (excludes halogenated alkanes) is 2. The van der Waals surface area contributed by atoms with E-state index in [1.165, 1.54) is 44.1 Å². The normalized spacial score (nSPS) is 27.2. The molecule has 0 heterocycles. The summed E-state index contributed by atoms with van der Waals surface area (Å²) in [6, 6.07) is 0. The van der Waals surface area contributed by atoms with Crippen molar-refractivity contribution >= 4 is 0 Å². The minimum Gasteiger partial charge on any atom is -0.389 e. The third-order valence-electron chi connectivity index (χ3n) is 7.16. The van der Waals surface area contributed by atoms with Crippen LogP contribution in [0.5, 0.6) is 0 Å². The first-order chi connectivity index (χ1) is 13.2. The molecule has 1 N–H and O–H groups in total. The van der Waals surface area contributed by atoms with Gasteiger partial charge in [0.2, 0.25) is 0 Å². The summed E-state index contributed by atoms with van der Waals surface area (Å²) in [5, 5.41) is 11.0. The second-order valence-electron chi connectivity index (χ2n) is 9.10. The highest BCUT2D eigenvalue weighted by Gasteiger charge is 2.66. The van der Waals surface area contributed by atoms with Gasteiger partial charge in [-0.1, -0.05) is 108 Å². The zero-order valence-electron chi connectivity index (χ0n) is 21.8. The molecule has 2 aliphatic carbocycles. The average molecular weight is 397 g/mol. The summed E-state index contributed by atoms with van der Waals surface area (Å²) in [5.41, 5.74) is 2.34. The summed E-state index contributed by atoms with van der Waals surface area (Å²) in [4.78, 5) is 0. The van der Waals surface area contributed by atoms with Crippen LogP contribution in [0, 0.1) is 22.2 Å². The van der Waals surface area contributed by atoms with E-state index in [1.807, 2.05) is 41.5 Å². The molecule has 0 amide bonds. The van der Waals surface area contributed by atoms with Crippen molar-refractivity contribution in [3.05, 3.63) is 11.6 Å². The molecule has 2 saturated carbocycles. The Kier molecular flexibility index (Phi) is 14.8. The lowest BCUT2D eigenvalue weighted by molar-refractivity contribution is 0.0114. The number of aliphatic hydroxyl groups is 1. The topological polar surface area (TPSA) is 20.2 Å². The SMILES string of the molecule is CC.CC.CC.CCCC/C=C1/C(O)CC(C)(C)C2(CC2)C(C)(C)C1CCC. The van der Waals surface area contributed by atoms with Gasteiger partial charge in [-0.2, -0.15) is 0 Å². The molecule has 0 aromatic carbocycles. The Hall–Kier alpha value is -0.300. The standard InChI is InChI=1S/C21H38O.3C2H6/c1-7-9-10-12-16-17(11-8-2)20(5,6)21(13-14-21)19(3,4)15-18(16)22;3*1-2/h12,17-18,22H,7-11,13-15H2,1-6H3;3*1-2H3/b16-12+;;;. The second-order valence-corrected chi connectivity index (χ2v) is 9.10. The predicted octanol–water partition coefficient (Wildman–Crippen LogP) is 9.20. The number of hydrogen-bond donors (Lipinski definition) is 1. The third-order valence-corrected chi connectivity index (χ3v) is 7.16. The van der Waals surface area contributed by atoms with Crippen molar-refractivity contribution in [1.29, 1.82) is 0 Å². The van der Waals surface area contributed by atoms with E-state index in [0.29, 0.717) is 16.7 Å². The van der Waals surface area contributed by atoms with E-state index in [0.717, 1.165) is 12.8 Å². The summed E-state index contributed by atoms with van der Waals surface area (Å²) in [6.45, 7) is 26.3. The van der Waals surface area contributed by atoms with Gasteiger partial charge in [-0.15, -0.1) is 0 Å². The maximum atomic E-state index is 11.0. The first kappa shape index (κ1) is 29.9. The van der Waals surface area contributed by atoms with Crippen LogP contribution >= 0.6 is 0 Å². The molecule has 0 aliphatic heterocycles. The van der Waals surface area contributed by atoms with Gasteiger partial charge in [0.05, 0.1) is 6.10 Å². The molecule has 0 aromatic heterocycles. The zero-order chi connectivity index (χ0) is 22.6. The summed E-state index contributed by atoms with van der Waals surface area (Å²) in [5.74, 6) is 0.550. The van der Waals surface area contributed by atoms with E-state index in [4.69, 9.17) is 0 Å². The second kappa shape index (κ2) is 13.8. The molecule has 0 aromatic rings. The van der Waals surface area contributed by atoms with Crippen molar-refractivity contribution in [2.75, 3.05) is 0 Å². The van der Waals surface area contributed by atoms with Gasteiger partial charge in [-0.05, 0) is 59.8 Å². The van der Waals surface area contributed by atoms with E-state index < -0.39 is 0 Å². The van der Waals surface area contributed by atoms with Crippen LogP contribution in [0.15, 0.2) is 11.6 Å². The Labute approximate surface area is 179 Å². The highest BCUT2D eigenvalue weighted by Crippen LogP contribution is 2.74. The number of rotatable bonds is 5. The van der Waals surface area contributed by atoms with Crippen LogP contribution in [0.4, 0.5) is 0 Å². The van der Waals surface area contributed by atoms with Gasteiger partial charge < -0.3 is 5.11 Å². The lowest BCUT2D eigenvalue weighted by Gasteiger charge is -2.47. The van der Waals surface area contributed by atoms with Gasteiger partial charge in [-0.25, -0.2) is 0 Å². The summed E-state index contributed by atoms with van der Waals surface area (Å²) in [7, 11) is 0. The first-order valence-electron chi connectivity index (χ1n) is 12.6. The Balaban J connectivity index is 0. The van der Waals surface area contributed by atoms with Crippen LogP contribution in [-0.4, -0.2) is 11.2 Å². The molecule has 2 rings (SSSR count). The van der Waals surface area contributed by atoms with Gasteiger partial charge in [0.15, 0.2) is 0 Å². The van der Waals surface area contributed by atoms with E-state index >= 15 is 0 Å². The fourth-order valence-corrected chi connectivity index (χ4v) is 5.66. The average Bonchev–Trinajstić information content (AvgIpc) is 3.51. The van der Waals surface area contributed by atoms with E-state index in [9.17, 15) is 5.11 Å². The van der Waals surface area contributed by atoms with E-state index in [-0.39, 0.29) is 11.5 Å². The number of aliphatic hydroxyl groups excluding tert-OH is 1. The smallest absolute Gasteiger partial charge is 0.0758 e. The molecule has 2 atom stereocenters. The molecule has 2 aliphatic rings. The zero-order valence-corrected chi connectivity index (χ0v) is 21.8. The molecule has 1 spiro atoms. The molecule has 2 unspecified atom stereocenters. The molecule has 170 valence electrons. The minimum absolute atomic E-state index is 0.234. The molecule has 0 bridgehead atoms. The van der Waals surface area contributed by atoms with Crippen LogP contribution in [0.2, 0.25) is 0 Å². The molecule has 28 heavy (non-hydrogen) atoms. The third kappa shape index (κ3) is 6.35. The summed E-state index contributed by atoms with van der Waals surface area (Å²) < 4.78 is 0. The van der Waals surface area contributed by atoms with Crippen LogP contribution in [0.25, 0.3) is 0 Å². The van der Waals surface area contributed by atoms with Crippen LogP contribution < -0.4 is 0 Å². The molecule has 0 radical (unpaired) electrons. The van der Waals surface area contributed by atoms with Gasteiger partial charge in [-0.3, -0.25) is 0 Å². The summed E-state index contributed by atoms with van der Waals surface area (Å²) in [6.07, 6.45) is 11.9. The van der Waals surface area contributed by atoms with Crippen molar-refractivity contribution < 1.29 is 5.11 Å². The Morgan fingerprint density at radius 3 is 1.79 bits per heavy atom. The van der Waals surface area contributed by atoms with Gasteiger partial charge in [0.25, 0.3) is 0 Å². The molecule has 1 heteroatoms. The van der Waals surface area contributed by atoms with Crippen molar-refractivity contribution in [2.45, 2.75) is 141 Å². The molecular formula is C27H56O. The van der Waals surface area contributed by atoms with Gasteiger partial charge in [0, 0.05) is 0 Å². The lowest BCUT2D eigenvalue weighted by atomic mass is 9.57. The van der Waals surface area contributed by atoms with Crippen molar-refractivity contribution in [2.24, 2.45) is 22.2 Å². The summed E-state index contributed by atoms with van der Waals surface area (Å²) >= 11 is 0. The van der Waals surface area contributed by atoms with E-state index in [2.05, 4.69) is 47.6 Å². The number of hydrogen-bond acceptors (Lipinski definition) is 1. The number of allylic oxidation sites excluding steroid dienone is 1. The molecular weight excluding hydrogens is 340 g/mol. The highest BCUT2D eigenvalue weighted by molar-refractivity contribution is 5.26. The minimum atomic E-state index is -0.234. The first-order valence-corrected chi connectivity index (χ1v) is 12.6. The molecule has 1 nitrogen and oxygen atoms in total. The van der Waals surface area contributed by atoms with Gasteiger partial charge >= 0.3 is 0 Å². The van der Waals surface area contributed by atoms with Gasteiger partial charge in [0.1, 0.15) is 0 Å². The van der Waals surface area contributed by atoms with E-state index in [1.54, 1.807) is 0 Å². The fraction of sp³-hybridized carbons (Fsp3) is 0.926. The van der Waals surface area contributed by atoms with Crippen LogP contribution in [-0.2, 0) is 0 Å². The fourth-order valence-electron chi connectivity index (χ4n) is 5.66. The van der Waals surface area contributed by atoms with Crippen molar-refractivity contribution in [3.8, 4) is 0 Å². The highest BCUT2D eigenvalue weighted by atomic mass is 16.3. The Morgan fingerprint density at radius 1 is 0.893 bits per heavy atom. The maximum Gasteiger partial charge on any atom is 0.0758 e. The van der Waals surface area contributed by atoms with Crippen LogP contribution in [0.1, 0.15) is 134 Å². The van der Waals surface area contributed by atoms with Crippen molar-refractivity contribution in [3.63, 3.8) is 0 Å². The Morgan fingerprint density at radius 2 is 1.39 bits per heavy atom. The predicted molar refractivity (Wildman–Crippen MR) is 130 cm³/mol. The lowest BCUT2D eigenvalue weighted by Crippen LogP contribution is -2.41.